The van der Waals surface area contributed by atoms with Crippen molar-refractivity contribution in [2.75, 3.05) is 39.3 Å². The average molecular weight is 397 g/mol. The largest absolute Gasteiger partial charge is 0.339 e. The van der Waals surface area contributed by atoms with Gasteiger partial charge in [-0.2, -0.15) is 0 Å². The van der Waals surface area contributed by atoms with Crippen LogP contribution in [0.25, 0.3) is 0 Å². The van der Waals surface area contributed by atoms with E-state index in [2.05, 4.69) is 37.5 Å². The van der Waals surface area contributed by atoms with Gasteiger partial charge >= 0.3 is 0 Å². The highest BCUT2D eigenvalue weighted by Crippen LogP contribution is 2.22. The van der Waals surface area contributed by atoms with Crippen LogP contribution in [0.15, 0.2) is 0 Å². The summed E-state index contributed by atoms with van der Waals surface area (Å²) < 4.78 is 0. The van der Waals surface area contributed by atoms with E-state index in [0.29, 0.717) is 5.92 Å². The van der Waals surface area contributed by atoms with Gasteiger partial charge in [-0.05, 0) is 39.0 Å². The van der Waals surface area contributed by atoms with Crippen molar-refractivity contribution in [3.8, 4) is 0 Å². The van der Waals surface area contributed by atoms with E-state index < -0.39 is 0 Å². The maximum Gasteiger partial charge on any atom is 0.239 e. The van der Waals surface area contributed by atoms with Crippen molar-refractivity contribution in [1.82, 2.24) is 14.7 Å². The Labute approximate surface area is 166 Å². The second-order valence-corrected chi connectivity index (χ2v) is 7.92. The van der Waals surface area contributed by atoms with E-state index >= 15 is 0 Å². The van der Waals surface area contributed by atoms with Crippen LogP contribution in [0.2, 0.25) is 0 Å². The Bertz CT molecular complexity index is 379. The SMILES string of the molecule is CC(C)C[C@H](N)C(=O)N1CCN(CCN2C(C)CCC2C)CC1.Cl.Cl. The molecule has 0 bridgehead atoms. The number of halogens is 2. The predicted octanol–water partition coefficient (Wildman–Crippen LogP) is 2.22. The molecule has 0 aliphatic carbocycles. The summed E-state index contributed by atoms with van der Waals surface area (Å²) in [6.07, 6.45) is 3.44. The van der Waals surface area contributed by atoms with Crippen LogP contribution in [-0.2, 0) is 4.79 Å². The van der Waals surface area contributed by atoms with E-state index in [1.54, 1.807) is 0 Å². The zero-order chi connectivity index (χ0) is 17.0. The number of hydrogen-bond acceptors (Lipinski definition) is 4. The number of carbonyl (C=O) groups is 1. The second-order valence-electron chi connectivity index (χ2n) is 7.92. The summed E-state index contributed by atoms with van der Waals surface area (Å²) in [6, 6.07) is 1.12. The Balaban J connectivity index is 0.00000288. The zero-order valence-electron chi connectivity index (χ0n) is 16.3. The highest BCUT2D eigenvalue weighted by atomic mass is 35.5. The molecule has 2 fully saturated rings. The second kappa shape index (κ2) is 11.6. The van der Waals surface area contributed by atoms with Gasteiger partial charge in [-0.1, -0.05) is 13.8 Å². The first-order valence-electron chi connectivity index (χ1n) is 9.41. The quantitative estimate of drug-likeness (QED) is 0.747. The molecule has 2 unspecified atom stereocenters. The van der Waals surface area contributed by atoms with Gasteiger partial charge in [0.05, 0.1) is 6.04 Å². The predicted molar refractivity (Wildman–Crippen MR) is 110 cm³/mol. The number of nitrogens with two attached hydrogens (primary N) is 1. The molecule has 5 nitrogen and oxygen atoms in total. The molecule has 3 atom stereocenters. The zero-order valence-corrected chi connectivity index (χ0v) is 18.0. The highest BCUT2D eigenvalue weighted by Gasteiger charge is 2.29. The topological polar surface area (TPSA) is 52.8 Å². The van der Waals surface area contributed by atoms with E-state index in [1.165, 1.54) is 12.8 Å². The number of hydrogen-bond donors (Lipinski definition) is 1. The lowest BCUT2D eigenvalue weighted by molar-refractivity contribution is -0.134. The molecule has 0 saturated carbocycles. The maximum atomic E-state index is 12.4. The molecule has 2 N–H and O–H groups in total. The summed E-state index contributed by atoms with van der Waals surface area (Å²) in [6.45, 7) is 14.8. The van der Waals surface area contributed by atoms with Crippen molar-refractivity contribution < 1.29 is 4.79 Å². The summed E-state index contributed by atoms with van der Waals surface area (Å²) in [5, 5.41) is 0. The molecule has 2 aliphatic rings. The van der Waals surface area contributed by atoms with Crippen LogP contribution in [0.3, 0.4) is 0 Å². The molecular formula is C18H38Cl2N4O. The molecule has 0 aromatic carbocycles. The third-order valence-electron chi connectivity index (χ3n) is 5.54. The monoisotopic (exact) mass is 396 g/mol. The van der Waals surface area contributed by atoms with Gasteiger partial charge in [0.25, 0.3) is 0 Å². The average Bonchev–Trinajstić information content (AvgIpc) is 2.83. The molecule has 2 saturated heterocycles. The highest BCUT2D eigenvalue weighted by molar-refractivity contribution is 5.85. The lowest BCUT2D eigenvalue weighted by Gasteiger charge is -2.37. The molecule has 7 heteroatoms. The summed E-state index contributed by atoms with van der Waals surface area (Å²) in [7, 11) is 0. The third-order valence-corrected chi connectivity index (χ3v) is 5.54. The molecule has 2 rings (SSSR count). The lowest BCUT2D eigenvalue weighted by atomic mass is 10.0. The molecule has 150 valence electrons. The van der Waals surface area contributed by atoms with E-state index in [0.717, 1.165) is 57.8 Å². The summed E-state index contributed by atoms with van der Waals surface area (Å²) in [5.74, 6) is 0.611. The van der Waals surface area contributed by atoms with Crippen molar-refractivity contribution in [3.63, 3.8) is 0 Å². The Hall–Kier alpha value is -0.0700. The van der Waals surface area contributed by atoms with E-state index in [4.69, 9.17) is 5.73 Å². The molecule has 2 heterocycles. The van der Waals surface area contributed by atoms with Gasteiger partial charge in [-0.25, -0.2) is 0 Å². The fraction of sp³-hybridized carbons (Fsp3) is 0.944. The van der Waals surface area contributed by atoms with Crippen LogP contribution in [0.1, 0.15) is 47.0 Å². The van der Waals surface area contributed by atoms with Gasteiger partial charge in [0.1, 0.15) is 0 Å². The van der Waals surface area contributed by atoms with Crippen molar-refractivity contribution in [3.05, 3.63) is 0 Å². The molecule has 0 aromatic heterocycles. The number of likely N-dealkylation sites (tertiary alicyclic amines) is 1. The number of rotatable bonds is 6. The van der Waals surface area contributed by atoms with Gasteiger partial charge in [-0.15, -0.1) is 24.8 Å². The van der Waals surface area contributed by atoms with Crippen molar-refractivity contribution >= 4 is 30.7 Å². The normalized spacial score (nSPS) is 26.2. The Morgan fingerprint density at radius 2 is 1.52 bits per heavy atom. The first kappa shape index (κ1) is 24.9. The maximum absolute atomic E-state index is 12.4. The fourth-order valence-corrected chi connectivity index (χ4v) is 3.98. The van der Waals surface area contributed by atoms with E-state index in [1.807, 2.05) is 4.90 Å². The smallest absolute Gasteiger partial charge is 0.239 e. The van der Waals surface area contributed by atoms with E-state index in [9.17, 15) is 4.79 Å². The number of carbonyl (C=O) groups excluding carboxylic acids is 1. The Morgan fingerprint density at radius 3 is 2.00 bits per heavy atom. The first-order valence-corrected chi connectivity index (χ1v) is 9.41. The van der Waals surface area contributed by atoms with Crippen LogP contribution in [0.5, 0.6) is 0 Å². The molecule has 0 aromatic rings. The lowest BCUT2D eigenvalue weighted by Crippen LogP contribution is -2.54. The minimum absolute atomic E-state index is 0. The molecule has 0 radical (unpaired) electrons. The molecule has 0 spiro atoms. The van der Waals surface area contributed by atoms with Crippen LogP contribution in [0.4, 0.5) is 0 Å². The van der Waals surface area contributed by atoms with Gasteiger partial charge in [-0.3, -0.25) is 14.6 Å². The van der Waals surface area contributed by atoms with Gasteiger partial charge in [0.2, 0.25) is 5.91 Å². The van der Waals surface area contributed by atoms with Crippen LogP contribution in [-0.4, -0.2) is 78.0 Å². The molecule has 1 amide bonds. The van der Waals surface area contributed by atoms with Crippen LogP contribution >= 0.6 is 24.8 Å². The third kappa shape index (κ3) is 7.22. The Morgan fingerprint density at radius 1 is 1.00 bits per heavy atom. The van der Waals surface area contributed by atoms with Crippen LogP contribution in [0, 0.1) is 5.92 Å². The number of piperazine rings is 1. The molecule has 2 aliphatic heterocycles. The first-order chi connectivity index (χ1) is 10.9. The number of nitrogens with zero attached hydrogens (tertiary/aromatic N) is 3. The van der Waals surface area contributed by atoms with Gasteiger partial charge in [0.15, 0.2) is 0 Å². The van der Waals surface area contributed by atoms with Crippen molar-refractivity contribution in [2.45, 2.75) is 65.1 Å². The minimum Gasteiger partial charge on any atom is -0.339 e. The molecular weight excluding hydrogens is 359 g/mol. The van der Waals surface area contributed by atoms with Gasteiger partial charge in [0, 0.05) is 51.4 Å². The number of amides is 1. The van der Waals surface area contributed by atoms with Crippen molar-refractivity contribution in [1.29, 1.82) is 0 Å². The van der Waals surface area contributed by atoms with Crippen LogP contribution < -0.4 is 5.73 Å². The Kier molecular flexibility index (Phi) is 11.6. The molecule has 25 heavy (non-hydrogen) atoms. The summed E-state index contributed by atoms with van der Waals surface area (Å²) in [4.78, 5) is 19.5. The van der Waals surface area contributed by atoms with Crippen molar-refractivity contribution in [2.24, 2.45) is 11.7 Å². The summed E-state index contributed by atoms with van der Waals surface area (Å²) >= 11 is 0. The van der Waals surface area contributed by atoms with Gasteiger partial charge < -0.3 is 10.6 Å². The van der Waals surface area contributed by atoms with E-state index in [-0.39, 0.29) is 36.8 Å². The minimum atomic E-state index is -0.326. The summed E-state index contributed by atoms with van der Waals surface area (Å²) in [5.41, 5.74) is 6.04. The standard InChI is InChI=1S/C18H36N4O.2ClH/c1-14(2)13-17(19)18(23)21-10-7-20(8-11-21)9-12-22-15(3)5-6-16(22)4;;/h14-17H,5-13,19H2,1-4H3;2*1H/t15?,16?,17-;;/m0../s1. The fourth-order valence-electron chi connectivity index (χ4n) is 3.98.